The number of carbonyl (C=O) groups excluding carboxylic acids is 1. The van der Waals surface area contributed by atoms with Crippen molar-refractivity contribution in [2.45, 2.75) is 70.5 Å². The van der Waals surface area contributed by atoms with Crippen LogP contribution in [-0.2, 0) is 4.79 Å². The van der Waals surface area contributed by atoms with Gasteiger partial charge in [-0.2, -0.15) is 0 Å². The maximum Gasteiger partial charge on any atom is 0.237 e. The van der Waals surface area contributed by atoms with Gasteiger partial charge in [-0.3, -0.25) is 9.69 Å². The Balaban J connectivity index is 0.00000176. The minimum absolute atomic E-state index is 0. The Morgan fingerprint density at radius 2 is 1.68 bits per heavy atom. The Morgan fingerprint density at radius 1 is 1.09 bits per heavy atom. The molecule has 2 aliphatic carbocycles. The van der Waals surface area contributed by atoms with Gasteiger partial charge in [-0.15, -0.1) is 12.4 Å². The van der Waals surface area contributed by atoms with Crippen LogP contribution in [-0.4, -0.2) is 60.0 Å². The monoisotopic (exact) mass is 329 g/mol. The van der Waals surface area contributed by atoms with Crippen molar-refractivity contribution in [3.05, 3.63) is 0 Å². The van der Waals surface area contributed by atoms with Crippen LogP contribution in [0.4, 0.5) is 0 Å². The average molecular weight is 330 g/mol. The molecule has 1 amide bonds. The van der Waals surface area contributed by atoms with Gasteiger partial charge in [0.05, 0.1) is 6.54 Å². The predicted octanol–water partition coefficient (Wildman–Crippen LogP) is 2.27. The lowest BCUT2D eigenvalue weighted by Crippen LogP contribution is -2.55. The molecule has 3 aliphatic rings. The highest BCUT2D eigenvalue weighted by molar-refractivity contribution is 5.85. The van der Waals surface area contributed by atoms with Crippen LogP contribution in [0.15, 0.2) is 0 Å². The zero-order valence-electron chi connectivity index (χ0n) is 14.1. The van der Waals surface area contributed by atoms with Crippen LogP contribution in [0.3, 0.4) is 0 Å². The standard InChI is InChI=1S/C17H31N3O.ClH/c1-13-3-5-15(6-4-13)20(16-7-8-16)17(21)12-19-10-9-18-11-14(19)2;/h13-16,18H,3-12H2,1-2H3;1H/t13?,14-,15?;/m0./s1. The number of hydrogen-bond donors (Lipinski definition) is 1. The van der Waals surface area contributed by atoms with Crippen molar-refractivity contribution in [2.24, 2.45) is 5.92 Å². The molecule has 0 aromatic heterocycles. The van der Waals surface area contributed by atoms with Crippen LogP contribution in [0.1, 0.15) is 52.4 Å². The zero-order valence-corrected chi connectivity index (χ0v) is 14.9. The van der Waals surface area contributed by atoms with Crippen molar-refractivity contribution in [3.8, 4) is 0 Å². The zero-order chi connectivity index (χ0) is 14.8. The number of amides is 1. The van der Waals surface area contributed by atoms with Gasteiger partial charge in [0, 0.05) is 37.8 Å². The summed E-state index contributed by atoms with van der Waals surface area (Å²) in [6, 6.07) is 1.57. The van der Waals surface area contributed by atoms with Gasteiger partial charge in [0.2, 0.25) is 5.91 Å². The third-order valence-electron chi connectivity index (χ3n) is 5.58. The molecule has 0 bridgehead atoms. The summed E-state index contributed by atoms with van der Waals surface area (Å²) in [5, 5.41) is 3.40. The van der Waals surface area contributed by atoms with E-state index in [2.05, 4.69) is 29.0 Å². The molecule has 0 spiro atoms. The van der Waals surface area contributed by atoms with Crippen molar-refractivity contribution < 1.29 is 4.79 Å². The van der Waals surface area contributed by atoms with Crippen LogP contribution in [0.25, 0.3) is 0 Å². The van der Waals surface area contributed by atoms with Crippen LogP contribution in [0.5, 0.6) is 0 Å². The molecule has 5 heteroatoms. The molecular weight excluding hydrogens is 298 g/mol. The fourth-order valence-electron chi connectivity index (χ4n) is 3.95. The molecule has 0 aromatic carbocycles. The summed E-state index contributed by atoms with van der Waals surface area (Å²) >= 11 is 0. The van der Waals surface area contributed by atoms with E-state index in [1.54, 1.807) is 0 Å². The maximum atomic E-state index is 12.9. The fourth-order valence-corrected chi connectivity index (χ4v) is 3.95. The number of nitrogens with zero attached hydrogens (tertiary/aromatic N) is 2. The highest BCUT2D eigenvalue weighted by Gasteiger charge is 2.39. The molecule has 0 aromatic rings. The average Bonchev–Trinajstić information content (AvgIpc) is 3.29. The van der Waals surface area contributed by atoms with E-state index in [9.17, 15) is 4.79 Å². The first-order valence-corrected chi connectivity index (χ1v) is 8.91. The Morgan fingerprint density at radius 3 is 2.23 bits per heavy atom. The van der Waals surface area contributed by atoms with Gasteiger partial charge in [0.25, 0.3) is 0 Å². The quantitative estimate of drug-likeness (QED) is 0.859. The Hall–Kier alpha value is -0.320. The van der Waals surface area contributed by atoms with Crippen LogP contribution in [0.2, 0.25) is 0 Å². The Kier molecular flexibility index (Phi) is 6.54. The lowest BCUT2D eigenvalue weighted by molar-refractivity contribution is -0.137. The van der Waals surface area contributed by atoms with E-state index < -0.39 is 0 Å². The van der Waals surface area contributed by atoms with Crippen LogP contribution in [0, 0.1) is 5.92 Å². The minimum Gasteiger partial charge on any atom is -0.336 e. The van der Waals surface area contributed by atoms with Crippen LogP contribution < -0.4 is 5.32 Å². The van der Waals surface area contributed by atoms with Gasteiger partial charge in [0.1, 0.15) is 0 Å². The first kappa shape index (κ1) is 18.0. The Labute approximate surface area is 141 Å². The number of nitrogens with one attached hydrogen (secondary N) is 1. The first-order valence-electron chi connectivity index (χ1n) is 8.91. The summed E-state index contributed by atoms with van der Waals surface area (Å²) in [6.45, 7) is 8.24. The lowest BCUT2D eigenvalue weighted by Gasteiger charge is -2.39. The molecule has 1 N–H and O–H groups in total. The van der Waals surface area contributed by atoms with Crippen molar-refractivity contribution >= 4 is 18.3 Å². The number of carbonyl (C=O) groups is 1. The van der Waals surface area contributed by atoms with Gasteiger partial charge in [-0.25, -0.2) is 0 Å². The van der Waals surface area contributed by atoms with E-state index in [4.69, 9.17) is 0 Å². The van der Waals surface area contributed by atoms with E-state index in [0.29, 0.717) is 30.6 Å². The van der Waals surface area contributed by atoms with Gasteiger partial charge in [-0.05, 0) is 51.4 Å². The second-order valence-electron chi connectivity index (χ2n) is 7.47. The second kappa shape index (κ2) is 7.98. The highest BCUT2D eigenvalue weighted by atomic mass is 35.5. The lowest BCUT2D eigenvalue weighted by atomic mass is 9.86. The number of rotatable bonds is 4. The summed E-state index contributed by atoms with van der Waals surface area (Å²) in [4.78, 5) is 17.5. The van der Waals surface area contributed by atoms with E-state index in [1.165, 1.54) is 38.5 Å². The van der Waals surface area contributed by atoms with Gasteiger partial charge in [-0.1, -0.05) is 6.92 Å². The predicted molar refractivity (Wildman–Crippen MR) is 92.4 cm³/mol. The summed E-state index contributed by atoms with van der Waals surface area (Å²) in [6.07, 6.45) is 7.50. The Bertz CT molecular complexity index is 367. The van der Waals surface area contributed by atoms with Crippen molar-refractivity contribution in [2.75, 3.05) is 26.2 Å². The van der Waals surface area contributed by atoms with Gasteiger partial charge < -0.3 is 10.2 Å². The van der Waals surface area contributed by atoms with E-state index >= 15 is 0 Å². The maximum absolute atomic E-state index is 12.9. The smallest absolute Gasteiger partial charge is 0.237 e. The number of piperazine rings is 1. The van der Waals surface area contributed by atoms with Crippen molar-refractivity contribution in [1.29, 1.82) is 0 Å². The molecule has 1 saturated heterocycles. The second-order valence-corrected chi connectivity index (χ2v) is 7.47. The van der Waals surface area contributed by atoms with Crippen LogP contribution >= 0.6 is 12.4 Å². The van der Waals surface area contributed by atoms with Gasteiger partial charge >= 0.3 is 0 Å². The number of hydrogen-bond acceptors (Lipinski definition) is 3. The summed E-state index contributed by atoms with van der Waals surface area (Å²) in [5.74, 6) is 1.25. The molecule has 22 heavy (non-hydrogen) atoms. The van der Waals surface area contributed by atoms with E-state index in [0.717, 1.165) is 25.6 Å². The van der Waals surface area contributed by atoms with Crippen molar-refractivity contribution in [3.63, 3.8) is 0 Å². The third-order valence-corrected chi connectivity index (χ3v) is 5.58. The molecule has 1 aliphatic heterocycles. The van der Waals surface area contributed by atoms with E-state index in [-0.39, 0.29) is 12.4 Å². The molecule has 1 atom stereocenters. The summed E-state index contributed by atoms with van der Waals surface area (Å²) in [5.41, 5.74) is 0. The largest absolute Gasteiger partial charge is 0.336 e. The molecule has 4 nitrogen and oxygen atoms in total. The molecule has 0 radical (unpaired) electrons. The third kappa shape index (κ3) is 4.36. The first-order chi connectivity index (χ1) is 10.1. The molecule has 128 valence electrons. The summed E-state index contributed by atoms with van der Waals surface area (Å²) in [7, 11) is 0. The summed E-state index contributed by atoms with van der Waals surface area (Å²) < 4.78 is 0. The van der Waals surface area contributed by atoms with E-state index in [1.807, 2.05) is 0 Å². The molecule has 1 heterocycles. The molecule has 3 rings (SSSR count). The minimum atomic E-state index is 0. The molecular formula is C17H32ClN3O. The topological polar surface area (TPSA) is 35.6 Å². The molecule has 2 saturated carbocycles. The fraction of sp³-hybridized carbons (Fsp3) is 0.941. The number of halogens is 1. The SMILES string of the molecule is CC1CCC(N(C(=O)CN2CCNC[C@@H]2C)C2CC2)CC1.Cl. The normalized spacial score (nSPS) is 33.1. The highest BCUT2D eigenvalue weighted by Crippen LogP contribution is 2.35. The van der Waals surface area contributed by atoms with Gasteiger partial charge in [0.15, 0.2) is 0 Å². The molecule has 0 unspecified atom stereocenters. The van der Waals surface area contributed by atoms with Crippen molar-refractivity contribution in [1.82, 2.24) is 15.1 Å². The molecule has 3 fully saturated rings.